The SMILES string of the molecule is Cc1noc([C@]23C[C@H](NC(=O)c4c(C)noc4C)C[C@H]2CN(C(=O)C(C)C)C3)n1. The number of fused-ring (bicyclic) bond motifs is 1. The smallest absolute Gasteiger partial charge is 0.257 e. The molecule has 2 aromatic heterocycles. The van der Waals surface area contributed by atoms with Crippen LogP contribution in [-0.2, 0) is 10.2 Å². The van der Waals surface area contributed by atoms with E-state index in [-0.39, 0.29) is 29.7 Å². The number of carbonyl (C=O) groups is 2. The van der Waals surface area contributed by atoms with Crippen LogP contribution in [0.3, 0.4) is 0 Å². The van der Waals surface area contributed by atoms with Crippen molar-refractivity contribution in [2.24, 2.45) is 11.8 Å². The predicted molar refractivity (Wildman–Crippen MR) is 102 cm³/mol. The summed E-state index contributed by atoms with van der Waals surface area (Å²) >= 11 is 0. The molecule has 29 heavy (non-hydrogen) atoms. The van der Waals surface area contributed by atoms with Gasteiger partial charge in [0.15, 0.2) is 5.82 Å². The lowest BCUT2D eigenvalue weighted by molar-refractivity contribution is -0.133. The van der Waals surface area contributed by atoms with Crippen molar-refractivity contribution in [3.05, 3.63) is 28.7 Å². The zero-order chi connectivity index (χ0) is 20.9. The van der Waals surface area contributed by atoms with Crippen LogP contribution in [-0.4, -0.2) is 51.1 Å². The van der Waals surface area contributed by atoms with Crippen molar-refractivity contribution in [3.8, 4) is 0 Å². The number of rotatable bonds is 4. The summed E-state index contributed by atoms with van der Waals surface area (Å²) in [6.45, 7) is 10.3. The number of hydrogen-bond acceptors (Lipinski definition) is 7. The van der Waals surface area contributed by atoms with Gasteiger partial charge < -0.3 is 19.3 Å². The van der Waals surface area contributed by atoms with Crippen molar-refractivity contribution in [1.82, 2.24) is 25.5 Å². The van der Waals surface area contributed by atoms with Crippen molar-refractivity contribution < 1.29 is 18.6 Å². The van der Waals surface area contributed by atoms with E-state index in [4.69, 9.17) is 9.05 Å². The average Bonchev–Trinajstić information content (AvgIpc) is 3.37. The van der Waals surface area contributed by atoms with Crippen LogP contribution in [0.1, 0.15) is 60.2 Å². The highest BCUT2D eigenvalue weighted by molar-refractivity contribution is 5.96. The Balaban J connectivity index is 1.57. The molecular weight excluding hydrogens is 374 g/mol. The molecule has 3 atom stereocenters. The van der Waals surface area contributed by atoms with Gasteiger partial charge in [0.1, 0.15) is 11.3 Å². The van der Waals surface area contributed by atoms with E-state index in [2.05, 4.69) is 20.6 Å². The number of aryl methyl sites for hydroxylation is 3. The van der Waals surface area contributed by atoms with Crippen LogP contribution in [0, 0.1) is 32.6 Å². The van der Waals surface area contributed by atoms with E-state index in [1.165, 1.54) is 0 Å². The fraction of sp³-hybridized carbons (Fsp3) is 0.650. The van der Waals surface area contributed by atoms with Crippen LogP contribution >= 0.6 is 0 Å². The zero-order valence-electron chi connectivity index (χ0n) is 17.5. The van der Waals surface area contributed by atoms with Crippen molar-refractivity contribution in [1.29, 1.82) is 0 Å². The summed E-state index contributed by atoms with van der Waals surface area (Å²) in [5.41, 5.74) is 0.637. The molecule has 1 N–H and O–H groups in total. The molecular formula is C20H27N5O4. The summed E-state index contributed by atoms with van der Waals surface area (Å²) in [7, 11) is 0. The van der Waals surface area contributed by atoms with Crippen LogP contribution in [0.4, 0.5) is 0 Å². The van der Waals surface area contributed by atoms with E-state index >= 15 is 0 Å². The summed E-state index contributed by atoms with van der Waals surface area (Å²) in [6.07, 6.45) is 1.40. The van der Waals surface area contributed by atoms with Gasteiger partial charge in [0, 0.05) is 25.0 Å². The first kappa shape index (κ1) is 19.6. The zero-order valence-corrected chi connectivity index (χ0v) is 17.5. The standard InChI is InChI=1S/C20H27N5O4/c1-10(2)18(27)25-8-14-6-15(22-17(26)16-11(3)23-28-12(16)4)7-20(14,9-25)19-21-13(5)24-29-19/h10,14-15H,6-9H2,1-5H3,(H,22,26)/t14-,15+,20-/m0/s1. The Bertz CT molecular complexity index is 929. The molecule has 0 unspecified atom stereocenters. The number of amides is 2. The van der Waals surface area contributed by atoms with E-state index in [0.29, 0.717) is 48.2 Å². The fourth-order valence-electron chi connectivity index (χ4n) is 4.91. The van der Waals surface area contributed by atoms with E-state index in [1.807, 2.05) is 18.7 Å². The molecule has 1 aliphatic carbocycles. The molecule has 4 rings (SSSR count). The molecule has 0 bridgehead atoms. The highest BCUT2D eigenvalue weighted by Crippen LogP contribution is 2.50. The minimum atomic E-state index is -0.428. The van der Waals surface area contributed by atoms with Crippen LogP contribution < -0.4 is 5.32 Å². The van der Waals surface area contributed by atoms with Gasteiger partial charge in [0.05, 0.1) is 11.1 Å². The van der Waals surface area contributed by atoms with Gasteiger partial charge in [-0.15, -0.1) is 0 Å². The second-order valence-corrected chi connectivity index (χ2v) is 8.68. The summed E-state index contributed by atoms with van der Waals surface area (Å²) in [6, 6.07) is -0.0512. The lowest BCUT2D eigenvalue weighted by atomic mass is 9.80. The first-order valence-corrected chi connectivity index (χ1v) is 10.0. The molecule has 1 saturated heterocycles. The maximum Gasteiger partial charge on any atom is 0.257 e. The molecule has 0 spiro atoms. The lowest BCUT2D eigenvalue weighted by Gasteiger charge is -2.26. The van der Waals surface area contributed by atoms with Crippen LogP contribution in [0.5, 0.6) is 0 Å². The number of nitrogens with one attached hydrogen (secondary N) is 1. The van der Waals surface area contributed by atoms with Crippen LogP contribution in [0.2, 0.25) is 0 Å². The van der Waals surface area contributed by atoms with Gasteiger partial charge in [0.25, 0.3) is 5.91 Å². The molecule has 9 heteroatoms. The normalized spacial score (nSPS) is 26.2. The molecule has 1 saturated carbocycles. The van der Waals surface area contributed by atoms with Gasteiger partial charge in [-0.05, 0) is 39.5 Å². The molecule has 0 radical (unpaired) electrons. The van der Waals surface area contributed by atoms with Crippen LogP contribution in [0.15, 0.2) is 9.05 Å². The van der Waals surface area contributed by atoms with Crippen molar-refractivity contribution >= 4 is 11.8 Å². The third kappa shape index (κ3) is 3.22. The monoisotopic (exact) mass is 401 g/mol. The van der Waals surface area contributed by atoms with Gasteiger partial charge in [-0.25, -0.2) is 0 Å². The van der Waals surface area contributed by atoms with Crippen molar-refractivity contribution in [2.75, 3.05) is 13.1 Å². The molecule has 2 fully saturated rings. The van der Waals surface area contributed by atoms with E-state index in [1.54, 1.807) is 20.8 Å². The summed E-state index contributed by atoms with van der Waals surface area (Å²) < 4.78 is 10.7. The highest BCUT2D eigenvalue weighted by atomic mass is 16.5. The Labute approximate surface area is 169 Å². The number of hydrogen-bond donors (Lipinski definition) is 1. The van der Waals surface area contributed by atoms with Crippen molar-refractivity contribution in [2.45, 2.75) is 58.9 Å². The number of likely N-dealkylation sites (tertiary alicyclic amines) is 1. The molecule has 9 nitrogen and oxygen atoms in total. The van der Waals surface area contributed by atoms with Crippen LogP contribution in [0.25, 0.3) is 0 Å². The summed E-state index contributed by atoms with van der Waals surface area (Å²) in [5, 5.41) is 11.0. The maximum atomic E-state index is 12.8. The summed E-state index contributed by atoms with van der Waals surface area (Å²) in [5.74, 6) is 1.68. The molecule has 156 valence electrons. The topological polar surface area (TPSA) is 114 Å². The summed E-state index contributed by atoms with van der Waals surface area (Å²) in [4.78, 5) is 31.8. The number of carbonyl (C=O) groups excluding carboxylic acids is 2. The third-order valence-electron chi connectivity index (χ3n) is 6.23. The number of nitrogens with zero attached hydrogens (tertiary/aromatic N) is 4. The highest BCUT2D eigenvalue weighted by Gasteiger charge is 2.58. The minimum absolute atomic E-state index is 0.0512. The molecule has 3 heterocycles. The Morgan fingerprint density at radius 2 is 1.97 bits per heavy atom. The molecule has 2 aliphatic rings. The second-order valence-electron chi connectivity index (χ2n) is 8.68. The molecule has 2 amide bonds. The Morgan fingerprint density at radius 1 is 1.21 bits per heavy atom. The minimum Gasteiger partial charge on any atom is -0.361 e. The Hall–Kier alpha value is -2.71. The Kier molecular flexibility index (Phi) is 4.71. The van der Waals surface area contributed by atoms with Gasteiger partial charge in [-0.2, -0.15) is 4.98 Å². The molecule has 2 aromatic rings. The fourth-order valence-corrected chi connectivity index (χ4v) is 4.91. The van der Waals surface area contributed by atoms with E-state index in [0.717, 1.165) is 6.42 Å². The first-order valence-electron chi connectivity index (χ1n) is 10.0. The second kappa shape index (κ2) is 6.96. The molecule has 0 aromatic carbocycles. The van der Waals surface area contributed by atoms with Gasteiger partial charge in [-0.1, -0.05) is 24.2 Å². The van der Waals surface area contributed by atoms with Gasteiger partial charge in [-0.3, -0.25) is 9.59 Å². The van der Waals surface area contributed by atoms with Crippen molar-refractivity contribution in [3.63, 3.8) is 0 Å². The molecule has 1 aliphatic heterocycles. The maximum absolute atomic E-state index is 12.8. The average molecular weight is 401 g/mol. The third-order valence-corrected chi connectivity index (χ3v) is 6.23. The quantitative estimate of drug-likeness (QED) is 0.832. The number of aromatic nitrogens is 3. The first-order chi connectivity index (χ1) is 13.7. The predicted octanol–water partition coefficient (Wildman–Crippen LogP) is 1.93. The van der Waals surface area contributed by atoms with E-state index < -0.39 is 5.41 Å². The largest absolute Gasteiger partial charge is 0.361 e. The van der Waals surface area contributed by atoms with Gasteiger partial charge >= 0.3 is 0 Å². The lowest BCUT2D eigenvalue weighted by Crippen LogP contribution is -2.40. The van der Waals surface area contributed by atoms with E-state index in [9.17, 15) is 9.59 Å². The Morgan fingerprint density at radius 3 is 2.55 bits per heavy atom. The van der Waals surface area contributed by atoms with Gasteiger partial charge in [0.2, 0.25) is 11.8 Å².